The van der Waals surface area contributed by atoms with Crippen LogP contribution in [0.3, 0.4) is 0 Å². The number of aromatic nitrogens is 1. The molecule has 0 aliphatic heterocycles. The highest BCUT2D eigenvalue weighted by molar-refractivity contribution is 5.83. The van der Waals surface area contributed by atoms with Gasteiger partial charge in [0.05, 0.1) is 0 Å². The number of benzene rings is 1. The van der Waals surface area contributed by atoms with Crippen molar-refractivity contribution in [3.63, 3.8) is 0 Å². The summed E-state index contributed by atoms with van der Waals surface area (Å²) in [6.07, 6.45) is 2.87. The number of aromatic amines is 1. The minimum Gasteiger partial charge on any atom is -0.361 e. The normalized spacial score (nSPS) is 9.59. The molecular weight excluding hydrogens is 212 g/mol. The lowest BCUT2D eigenvalue weighted by molar-refractivity contribution is -0.118. The van der Waals surface area contributed by atoms with Crippen LogP contribution in [-0.2, 0) is 11.2 Å². The van der Waals surface area contributed by atoms with E-state index >= 15 is 0 Å². The van der Waals surface area contributed by atoms with E-state index in [1.807, 2.05) is 32.2 Å². The zero-order valence-corrected chi connectivity index (χ0v) is 10.7. The Morgan fingerprint density at radius 2 is 2.00 bits per heavy atom. The summed E-state index contributed by atoms with van der Waals surface area (Å²) in [5, 5.41) is 4.03. The number of para-hydroxylation sites is 1. The lowest BCUT2D eigenvalue weighted by Crippen LogP contribution is -2.22. The number of amides is 1. The van der Waals surface area contributed by atoms with Gasteiger partial charge in [-0.3, -0.25) is 4.79 Å². The molecule has 1 amide bonds. The SMILES string of the molecule is CC.CC(=O)NCCc1c[nH]c2ccccc12. The molecule has 0 bridgehead atoms. The molecule has 0 radical (unpaired) electrons. The molecule has 3 nitrogen and oxygen atoms in total. The van der Waals surface area contributed by atoms with Crippen LogP contribution < -0.4 is 5.32 Å². The van der Waals surface area contributed by atoms with Gasteiger partial charge < -0.3 is 10.3 Å². The maximum absolute atomic E-state index is 10.7. The van der Waals surface area contributed by atoms with Gasteiger partial charge in [0.25, 0.3) is 0 Å². The van der Waals surface area contributed by atoms with E-state index in [9.17, 15) is 4.79 Å². The second-order valence-corrected chi connectivity index (χ2v) is 3.59. The Morgan fingerprint density at radius 3 is 2.71 bits per heavy atom. The van der Waals surface area contributed by atoms with Crippen LogP contribution in [0.25, 0.3) is 10.9 Å². The quantitative estimate of drug-likeness (QED) is 0.839. The van der Waals surface area contributed by atoms with Crippen LogP contribution in [0.2, 0.25) is 0 Å². The van der Waals surface area contributed by atoms with Crippen LogP contribution in [0.1, 0.15) is 26.3 Å². The third-order valence-corrected chi connectivity index (χ3v) is 2.44. The highest BCUT2D eigenvalue weighted by atomic mass is 16.1. The molecule has 2 N–H and O–H groups in total. The number of nitrogens with one attached hydrogen (secondary N) is 2. The molecule has 0 aliphatic rings. The van der Waals surface area contributed by atoms with Gasteiger partial charge in [-0.15, -0.1) is 0 Å². The average molecular weight is 232 g/mol. The summed E-state index contributed by atoms with van der Waals surface area (Å²) in [7, 11) is 0. The summed E-state index contributed by atoms with van der Waals surface area (Å²) in [6, 6.07) is 8.18. The van der Waals surface area contributed by atoms with Crippen LogP contribution in [-0.4, -0.2) is 17.4 Å². The summed E-state index contributed by atoms with van der Waals surface area (Å²) in [5.74, 6) is 0.0230. The first-order chi connectivity index (χ1) is 8.27. The third kappa shape index (κ3) is 3.63. The molecule has 0 spiro atoms. The molecule has 1 aromatic carbocycles. The van der Waals surface area contributed by atoms with Gasteiger partial charge in [-0.1, -0.05) is 32.0 Å². The summed E-state index contributed by atoms with van der Waals surface area (Å²) in [5.41, 5.74) is 2.40. The fraction of sp³-hybridized carbons (Fsp3) is 0.357. The van der Waals surface area contributed by atoms with E-state index in [0.717, 1.165) is 11.9 Å². The smallest absolute Gasteiger partial charge is 0.216 e. The standard InChI is InChI=1S/C12H14N2O.C2H6/c1-9(15)13-7-6-10-8-14-12-5-3-2-4-11(10)12;1-2/h2-5,8,14H,6-7H2,1H3,(H,13,15);1-2H3. The van der Waals surface area contributed by atoms with Crippen LogP contribution >= 0.6 is 0 Å². The molecule has 92 valence electrons. The lowest BCUT2D eigenvalue weighted by atomic mass is 10.1. The van der Waals surface area contributed by atoms with E-state index in [2.05, 4.69) is 22.4 Å². The van der Waals surface area contributed by atoms with E-state index in [0.29, 0.717) is 6.54 Å². The van der Waals surface area contributed by atoms with Crippen LogP contribution in [0.4, 0.5) is 0 Å². The molecule has 2 aromatic rings. The minimum atomic E-state index is 0.0230. The molecule has 2 rings (SSSR count). The fourth-order valence-electron chi connectivity index (χ4n) is 1.71. The first kappa shape index (κ1) is 13.3. The van der Waals surface area contributed by atoms with Crippen molar-refractivity contribution < 1.29 is 4.79 Å². The molecule has 1 heterocycles. The predicted octanol–water partition coefficient (Wildman–Crippen LogP) is 2.87. The van der Waals surface area contributed by atoms with Crippen molar-refractivity contribution in [2.75, 3.05) is 6.54 Å². The lowest BCUT2D eigenvalue weighted by Gasteiger charge is -2.00. The Balaban J connectivity index is 0.000000686. The Labute approximate surface area is 102 Å². The second kappa shape index (κ2) is 6.74. The van der Waals surface area contributed by atoms with Crippen molar-refractivity contribution in [1.82, 2.24) is 10.3 Å². The number of H-pyrrole nitrogens is 1. The van der Waals surface area contributed by atoms with Gasteiger partial charge in [-0.05, 0) is 18.1 Å². The summed E-state index contributed by atoms with van der Waals surface area (Å²) >= 11 is 0. The maximum Gasteiger partial charge on any atom is 0.216 e. The van der Waals surface area contributed by atoms with Crippen molar-refractivity contribution in [2.45, 2.75) is 27.2 Å². The number of hydrogen-bond acceptors (Lipinski definition) is 1. The minimum absolute atomic E-state index is 0.0230. The number of fused-ring (bicyclic) bond motifs is 1. The maximum atomic E-state index is 10.7. The molecule has 0 aliphatic carbocycles. The van der Waals surface area contributed by atoms with Gasteiger partial charge in [0.1, 0.15) is 0 Å². The fourth-order valence-corrected chi connectivity index (χ4v) is 1.71. The predicted molar refractivity (Wildman–Crippen MR) is 72.0 cm³/mol. The molecule has 0 saturated carbocycles. The number of carbonyl (C=O) groups is 1. The number of rotatable bonds is 3. The molecule has 0 saturated heterocycles. The highest BCUT2D eigenvalue weighted by Crippen LogP contribution is 2.17. The first-order valence-electron chi connectivity index (χ1n) is 6.07. The summed E-state index contributed by atoms with van der Waals surface area (Å²) < 4.78 is 0. The molecule has 3 heteroatoms. The third-order valence-electron chi connectivity index (χ3n) is 2.44. The summed E-state index contributed by atoms with van der Waals surface area (Å²) in [4.78, 5) is 13.9. The Morgan fingerprint density at radius 1 is 1.29 bits per heavy atom. The van der Waals surface area contributed by atoms with Crippen molar-refractivity contribution in [2.24, 2.45) is 0 Å². The molecule has 0 unspecified atom stereocenters. The van der Waals surface area contributed by atoms with Crippen LogP contribution in [0, 0.1) is 0 Å². The molecule has 0 atom stereocenters. The molecule has 17 heavy (non-hydrogen) atoms. The molecule has 1 aromatic heterocycles. The first-order valence-corrected chi connectivity index (χ1v) is 6.07. The van der Waals surface area contributed by atoms with Crippen molar-refractivity contribution in [3.8, 4) is 0 Å². The van der Waals surface area contributed by atoms with Crippen molar-refractivity contribution in [3.05, 3.63) is 36.0 Å². The second-order valence-electron chi connectivity index (χ2n) is 3.59. The van der Waals surface area contributed by atoms with E-state index in [1.165, 1.54) is 17.9 Å². The van der Waals surface area contributed by atoms with Gasteiger partial charge in [0.2, 0.25) is 5.91 Å². The van der Waals surface area contributed by atoms with Crippen LogP contribution in [0.5, 0.6) is 0 Å². The largest absolute Gasteiger partial charge is 0.361 e. The van der Waals surface area contributed by atoms with Gasteiger partial charge in [0.15, 0.2) is 0 Å². The monoisotopic (exact) mass is 232 g/mol. The highest BCUT2D eigenvalue weighted by Gasteiger charge is 2.02. The number of hydrogen-bond donors (Lipinski definition) is 2. The van der Waals surface area contributed by atoms with Crippen molar-refractivity contribution in [1.29, 1.82) is 0 Å². The zero-order chi connectivity index (χ0) is 12.7. The van der Waals surface area contributed by atoms with Crippen LogP contribution in [0.15, 0.2) is 30.5 Å². The molecular formula is C14H20N2O. The van der Waals surface area contributed by atoms with Gasteiger partial charge in [-0.25, -0.2) is 0 Å². The summed E-state index contributed by atoms with van der Waals surface area (Å²) in [6.45, 7) is 6.23. The van der Waals surface area contributed by atoms with Gasteiger partial charge in [0, 0.05) is 30.6 Å². The van der Waals surface area contributed by atoms with Crippen molar-refractivity contribution >= 4 is 16.8 Å². The number of carbonyl (C=O) groups excluding carboxylic acids is 1. The Hall–Kier alpha value is -1.77. The van der Waals surface area contributed by atoms with E-state index < -0.39 is 0 Å². The topological polar surface area (TPSA) is 44.9 Å². The Bertz CT molecular complexity index is 474. The zero-order valence-electron chi connectivity index (χ0n) is 10.7. The van der Waals surface area contributed by atoms with Gasteiger partial charge >= 0.3 is 0 Å². The van der Waals surface area contributed by atoms with E-state index in [1.54, 1.807) is 0 Å². The van der Waals surface area contributed by atoms with E-state index in [-0.39, 0.29) is 5.91 Å². The molecule has 0 fully saturated rings. The van der Waals surface area contributed by atoms with E-state index in [4.69, 9.17) is 0 Å². The Kier molecular flexibility index (Phi) is 5.27. The van der Waals surface area contributed by atoms with Gasteiger partial charge in [-0.2, -0.15) is 0 Å². The average Bonchev–Trinajstić information content (AvgIpc) is 2.75.